The minimum absolute atomic E-state index is 0.0356. The van der Waals surface area contributed by atoms with Gasteiger partial charge < -0.3 is 20.6 Å². The molecule has 9 heteroatoms. The van der Waals surface area contributed by atoms with Crippen molar-refractivity contribution in [3.63, 3.8) is 0 Å². The van der Waals surface area contributed by atoms with Crippen LogP contribution in [0, 0.1) is 0 Å². The lowest BCUT2D eigenvalue weighted by Crippen LogP contribution is -2.53. The van der Waals surface area contributed by atoms with Gasteiger partial charge in [0.05, 0.1) is 12.2 Å². The maximum atomic E-state index is 13.7. The van der Waals surface area contributed by atoms with Gasteiger partial charge in [-0.2, -0.15) is 13.2 Å². The van der Waals surface area contributed by atoms with Crippen LogP contribution in [0.5, 0.6) is 0 Å². The SMILES string of the molecule is NC1(CO)CCN(C(=O)c2ccc(CC=NOCc3ccc(C4CCCCC4)c(C(F)(F)F)c3)cc2)CC1. The zero-order valence-corrected chi connectivity index (χ0v) is 21.6. The number of nitrogens with two attached hydrogens (primary N) is 1. The number of piperidine rings is 1. The van der Waals surface area contributed by atoms with Gasteiger partial charge in [-0.1, -0.05) is 48.7 Å². The molecule has 1 aliphatic heterocycles. The fourth-order valence-corrected chi connectivity index (χ4v) is 5.29. The molecule has 2 aliphatic rings. The van der Waals surface area contributed by atoms with E-state index >= 15 is 0 Å². The molecule has 2 aromatic rings. The van der Waals surface area contributed by atoms with E-state index in [4.69, 9.17) is 10.6 Å². The molecule has 4 rings (SSSR count). The first-order valence-corrected chi connectivity index (χ1v) is 13.3. The highest BCUT2D eigenvalue weighted by Gasteiger charge is 2.36. The van der Waals surface area contributed by atoms with E-state index in [1.807, 2.05) is 12.1 Å². The third-order valence-electron chi connectivity index (χ3n) is 7.74. The Morgan fingerprint density at radius 3 is 2.37 bits per heavy atom. The average Bonchev–Trinajstić information content (AvgIpc) is 2.93. The maximum Gasteiger partial charge on any atom is 0.416 e. The molecular formula is C29H36F3N3O3. The number of amides is 1. The number of hydrogen-bond donors (Lipinski definition) is 2. The number of nitrogens with zero attached hydrogens (tertiary/aromatic N) is 2. The van der Waals surface area contributed by atoms with Crippen LogP contribution in [0.15, 0.2) is 47.6 Å². The fourth-order valence-electron chi connectivity index (χ4n) is 5.29. The summed E-state index contributed by atoms with van der Waals surface area (Å²) in [6.07, 6.45) is 3.37. The third kappa shape index (κ3) is 7.14. The lowest BCUT2D eigenvalue weighted by molar-refractivity contribution is -0.138. The standard InChI is InChI=1S/C29H36F3N3O3/c30-29(31,32)26-18-22(8-11-25(26)23-4-2-1-3-5-23)19-38-34-15-12-21-6-9-24(10-7-21)27(37)35-16-13-28(33,20-36)14-17-35/h6-11,15,18,23,36H,1-5,12-14,16-17,19-20,33H2. The van der Waals surface area contributed by atoms with Gasteiger partial charge in [-0.25, -0.2) is 0 Å². The molecule has 1 amide bonds. The van der Waals surface area contributed by atoms with Gasteiger partial charge in [-0.05, 0) is 66.5 Å². The Kier molecular flexibility index (Phi) is 9.10. The Bertz CT molecular complexity index is 1100. The third-order valence-corrected chi connectivity index (χ3v) is 7.74. The van der Waals surface area contributed by atoms with Gasteiger partial charge in [0, 0.05) is 36.8 Å². The lowest BCUT2D eigenvalue weighted by atomic mass is 9.81. The zero-order chi connectivity index (χ0) is 27.2. The number of benzene rings is 2. The Morgan fingerprint density at radius 1 is 1.08 bits per heavy atom. The number of carbonyl (C=O) groups excluding carboxylic acids is 1. The number of likely N-dealkylation sites (tertiary alicyclic amines) is 1. The molecule has 2 aromatic carbocycles. The van der Waals surface area contributed by atoms with Crippen molar-refractivity contribution in [3.8, 4) is 0 Å². The number of hydrogen-bond acceptors (Lipinski definition) is 5. The molecule has 0 atom stereocenters. The molecule has 38 heavy (non-hydrogen) atoms. The van der Waals surface area contributed by atoms with Crippen molar-refractivity contribution in [3.05, 3.63) is 70.3 Å². The molecule has 206 valence electrons. The van der Waals surface area contributed by atoms with E-state index in [0.29, 0.717) is 49.0 Å². The Balaban J connectivity index is 1.27. The number of carbonyl (C=O) groups is 1. The van der Waals surface area contributed by atoms with E-state index in [1.54, 1.807) is 35.4 Å². The van der Waals surface area contributed by atoms with Gasteiger partial charge in [-0.15, -0.1) is 0 Å². The molecular weight excluding hydrogens is 495 g/mol. The minimum Gasteiger partial charge on any atom is -0.394 e. The number of oxime groups is 1. The fraction of sp³-hybridized carbons (Fsp3) is 0.517. The number of aliphatic hydroxyl groups excluding tert-OH is 1. The van der Waals surface area contributed by atoms with E-state index in [1.165, 1.54) is 6.07 Å². The van der Waals surface area contributed by atoms with Gasteiger partial charge in [0.25, 0.3) is 5.91 Å². The van der Waals surface area contributed by atoms with Crippen molar-refractivity contribution in [2.75, 3.05) is 19.7 Å². The van der Waals surface area contributed by atoms with Crippen LogP contribution in [0.1, 0.15) is 83.5 Å². The molecule has 0 radical (unpaired) electrons. The Hall–Kier alpha value is -2.91. The molecule has 0 bridgehead atoms. The molecule has 0 spiro atoms. The van der Waals surface area contributed by atoms with Crippen LogP contribution in [0.4, 0.5) is 13.2 Å². The van der Waals surface area contributed by atoms with Crippen LogP contribution in [-0.4, -0.2) is 47.4 Å². The summed E-state index contributed by atoms with van der Waals surface area (Å²) in [4.78, 5) is 19.8. The summed E-state index contributed by atoms with van der Waals surface area (Å²) < 4.78 is 41.2. The maximum absolute atomic E-state index is 13.7. The molecule has 1 heterocycles. The largest absolute Gasteiger partial charge is 0.416 e. The summed E-state index contributed by atoms with van der Waals surface area (Å²) in [5.74, 6) is -0.104. The average molecular weight is 532 g/mol. The van der Waals surface area contributed by atoms with Gasteiger partial charge >= 0.3 is 6.18 Å². The summed E-state index contributed by atoms with van der Waals surface area (Å²) in [7, 11) is 0. The summed E-state index contributed by atoms with van der Waals surface area (Å²) in [5.41, 5.74) is 7.23. The van der Waals surface area contributed by atoms with Gasteiger partial charge in [0.15, 0.2) is 0 Å². The van der Waals surface area contributed by atoms with Crippen LogP contribution in [0.25, 0.3) is 0 Å². The normalized spacial score (nSPS) is 18.6. The van der Waals surface area contributed by atoms with E-state index in [0.717, 1.165) is 37.7 Å². The smallest absolute Gasteiger partial charge is 0.394 e. The predicted molar refractivity (Wildman–Crippen MR) is 140 cm³/mol. The van der Waals surface area contributed by atoms with Crippen molar-refractivity contribution < 1.29 is 27.9 Å². The molecule has 1 saturated carbocycles. The zero-order valence-electron chi connectivity index (χ0n) is 21.6. The summed E-state index contributed by atoms with van der Waals surface area (Å²) >= 11 is 0. The lowest BCUT2D eigenvalue weighted by Gasteiger charge is -2.38. The first-order valence-electron chi connectivity index (χ1n) is 13.3. The predicted octanol–water partition coefficient (Wildman–Crippen LogP) is 5.42. The van der Waals surface area contributed by atoms with E-state index in [9.17, 15) is 23.1 Å². The molecule has 1 aliphatic carbocycles. The highest BCUT2D eigenvalue weighted by molar-refractivity contribution is 5.94. The quantitative estimate of drug-likeness (QED) is 0.352. The van der Waals surface area contributed by atoms with Crippen LogP contribution in [-0.2, 0) is 24.0 Å². The highest BCUT2D eigenvalue weighted by atomic mass is 19.4. The summed E-state index contributed by atoms with van der Waals surface area (Å²) in [6, 6.07) is 11.7. The van der Waals surface area contributed by atoms with Gasteiger partial charge in [0.2, 0.25) is 0 Å². The summed E-state index contributed by atoms with van der Waals surface area (Å²) in [6.45, 7) is 0.884. The van der Waals surface area contributed by atoms with Gasteiger partial charge in [-0.3, -0.25) is 4.79 Å². The molecule has 0 unspecified atom stereocenters. The minimum atomic E-state index is -4.40. The number of halogens is 3. The van der Waals surface area contributed by atoms with Crippen molar-refractivity contribution >= 4 is 12.1 Å². The Labute approximate surface area is 221 Å². The van der Waals surface area contributed by atoms with Crippen LogP contribution in [0.2, 0.25) is 0 Å². The molecule has 3 N–H and O–H groups in total. The van der Waals surface area contributed by atoms with Gasteiger partial charge in [0.1, 0.15) is 6.61 Å². The molecule has 1 saturated heterocycles. The number of rotatable bonds is 8. The topological polar surface area (TPSA) is 88.2 Å². The molecule has 2 fully saturated rings. The van der Waals surface area contributed by atoms with Crippen molar-refractivity contribution in [2.45, 2.75) is 75.6 Å². The molecule has 6 nitrogen and oxygen atoms in total. The van der Waals surface area contributed by atoms with Crippen molar-refractivity contribution in [1.82, 2.24) is 4.90 Å². The second kappa shape index (κ2) is 12.3. The summed E-state index contributed by atoms with van der Waals surface area (Å²) in [5, 5.41) is 13.3. The number of aliphatic hydroxyl groups is 1. The van der Waals surface area contributed by atoms with E-state index < -0.39 is 17.3 Å². The van der Waals surface area contributed by atoms with E-state index in [2.05, 4.69) is 5.16 Å². The first kappa shape index (κ1) is 28.1. The first-order chi connectivity index (χ1) is 18.2. The van der Waals surface area contributed by atoms with Crippen LogP contribution >= 0.6 is 0 Å². The monoisotopic (exact) mass is 531 g/mol. The van der Waals surface area contributed by atoms with E-state index in [-0.39, 0.29) is 25.0 Å². The van der Waals surface area contributed by atoms with Crippen molar-refractivity contribution in [2.24, 2.45) is 10.9 Å². The highest BCUT2D eigenvalue weighted by Crippen LogP contribution is 2.41. The van der Waals surface area contributed by atoms with Crippen molar-refractivity contribution in [1.29, 1.82) is 0 Å². The Morgan fingerprint density at radius 2 is 1.74 bits per heavy atom. The molecule has 0 aromatic heterocycles. The van der Waals surface area contributed by atoms with Crippen LogP contribution < -0.4 is 5.73 Å². The second-order valence-corrected chi connectivity index (χ2v) is 10.5. The second-order valence-electron chi connectivity index (χ2n) is 10.5. The van der Waals surface area contributed by atoms with Crippen LogP contribution in [0.3, 0.4) is 0 Å². The number of alkyl halides is 3.